The van der Waals surface area contributed by atoms with Gasteiger partial charge in [0, 0.05) is 26.7 Å². The van der Waals surface area contributed by atoms with Crippen LogP contribution in [0.1, 0.15) is 20.8 Å². The molecule has 0 aliphatic carbocycles. The second-order valence-corrected chi connectivity index (χ2v) is 6.69. The molecule has 1 heterocycles. The van der Waals surface area contributed by atoms with Crippen molar-refractivity contribution in [3.8, 4) is 0 Å². The highest BCUT2D eigenvalue weighted by molar-refractivity contribution is 9.11. The third-order valence-electron chi connectivity index (χ3n) is 2.31. The molecule has 2 N–H and O–H groups in total. The van der Waals surface area contributed by atoms with Crippen molar-refractivity contribution in [3.63, 3.8) is 0 Å². The third-order valence-corrected chi connectivity index (χ3v) is 4.09. The summed E-state index contributed by atoms with van der Waals surface area (Å²) in [6, 6.07) is 6.71. The number of carbonyl (C=O) groups excluding carboxylic acids is 1. The average molecular weight is 331 g/mol. The Kier molecular flexibility index (Phi) is 3.56. The molecule has 5 heteroatoms. The minimum atomic E-state index is -0.0568. The lowest BCUT2D eigenvalue weighted by molar-refractivity contribution is 0.103. The van der Waals surface area contributed by atoms with E-state index in [1.165, 1.54) is 11.3 Å². The summed E-state index contributed by atoms with van der Waals surface area (Å²) in [7, 11) is 0. The maximum absolute atomic E-state index is 12.3. The molecule has 0 amide bonds. The summed E-state index contributed by atoms with van der Waals surface area (Å²) in [5.74, 6) is -0.0568. The van der Waals surface area contributed by atoms with Gasteiger partial charge in [0.2, 0.25) is 0 Å². The summed E-state index contributed by atoms with van der Waals surface area (Å²) < 4.78 is 0.938. The molecule has 0 fully saturated rings. The Labute approximate surface area is 117 Å². The van der Waals surface area contributed by atoms with Gasteiger partial charge < -0.3 is 5.73 Å². The lowest BCUT2D eigenvalue weighted by Gasteiger charge is -2.02. The normalized spacial score (nSPS) is 10.5. The fraction of sp³-hybridized carbons (Fsp3) is 0.0833. The first-order valence-electron chi connectivity index (χ1n) is 4.84. The zero-order valence-corrected chi connectivity index (χ0v) is 12.1. The van der Waals surface area contributed by atoms with Gasteiger partial charge in [0.25, 0.3) is 0 Å². The number of ketones is 1. The van der Waals surface area contributed by atoms with Gasteiger partial charge in [-0.05, 0) is 47.1 Å². The van der Waals surface area contributed by atoms with E-state index in [1.807, 2.05) is 13.0 Å². The summed E-state index contributed by atoms with van der Waals surface area (Å²) in [4.78, 5) is 13.2. The number of anilines is 1. The van der Waals surface area contributed by atoms with Gasteiger partial charge in [-0.2, -0.15) is 0 Å². The highest BCUT2D eigenvalue weighted by atomic mass is 79.9. The van der Waals surface area contributed by atoms with E-state index in [-0.39, 0.29) is 5.78 Å². The van der Waals surface area contributed by atoms with E-state index in [0.29, 0.717) is 21.8 Å². The summed E-state index contributed by atoms with van der Waals surface area (Å²) in [5.41, 5.74) is 7.37. The molecule has 2 nitrogen and oxygen atoms in total. The number of benzene rings is 1. The number of hydrogen-bond donors (Lipinski definition) is 1. The van der Waals surface area contributed by atoms with E-state index in [0.717, 1.165) is 8.66 Å². The average Bonchev–Trinajstić information content (AvgIpc) is 2.55. The lowest BCUT2D eigenvalue weighted by atomic mass is 10.0. The summed E-state index contributed by atoms with van der Waals surface area (Å²) in [6.45, 7) is 1.91. The van der Waals surface area contributed by atoms with Crippen LogP contribution in [-0.2, 0) is 0 Å². The van der Waals surface area contributed by atoms with Crippen LogP contribution in [0.25, 0.3) is 0 Å². The Morgan fingerprint density at radius 2 is 2.06 bits per heavy atom. The van der Waals surface area contributed by atoms with Gasteiger partial charge in [-0.15, -0.1) is 11.3 Å². The predicted octanol–water partition coefficient (Wildman–Crippen LogP) is 4.29. The minimum Gasteiger partial charge on any atom is -0.399 e. The fourth-order valence-electron chi connectivity index (χ4n) is 1.57. The number of carbonyl (C=O) groups is 1. The quantitative estimate of drug-likeness (QED) is 0.659. The molecular formula is C12H9BrClNOS. The second-order valence-electron chi connectivity index (χ2n) is 3.62. The Morgan fingerprint density at radius 3 is 2.59 bits per heavy atom. The zero-order chi connectivity index (χ0) is 12.6. The molecule has 0 saturated heterocycles. The molecule has 2 aromatic rings. The van der Waals surface area contributed by atoms with E-state index < -0.39 is 0 Å². The van der Waals surface area contributed by atoms with Crippen LogP contribution in [0.5, 0.6) is 0 Å². The number of nitrogen functional groups attached to an aromatic ring is 1. The number of thiophene rings is 1. The van der Waals surface area contributed by atoms with E-state index in [9.17, 15) is 4.79 Å². The smallest absolute Gasteiger partial charge is 0.194 e. The van der Waals surface area contributed by atoms with Crippen molar-refractivity contribution in [1.29, 1.82) is 0 Å². The van der Waals surface area contributed by atoms with E-state index in [2.05, 4.69) is 15.9 Å². The van der Waals surface area contributed by atoms with E-state index in [4.69, 9.17) is 17.3 Å². The van der Waals surface area contributed by atoms with Gasteiger partial charge in [0.05, 0.1) is 3.79 Å². The highest BCUT2D eigenvalue weighted by Gasteiger charge is 2.15. The third kappa shape index (κ3) is 2.70. The maximum atomic E-state index is 12.3. The van der Waals surface area contributed by atoms with Crippen molar-refractivity contribution in [3.05, 3.63) is 49.1 Å². The van der Waals surface area contributed by atoms with Crippen LogP contribution in [-0.4, -0.2) is 5.78 Å². The van der Waals surface area contributed by atoms with Crippen LogP contribution in [0.4, 0.5) is 5.69 Å². The molecule has 1 aromatic carbocycles. The Balaban J connectivity index is 2.47. The number of aryl methyl sites for hydroxylation is 1. The van der Waals surface area contributed by atoms with Gasteiger partial charge >= 0.3 is 0 Å². The second kappa shape index (κ2) is 4.80. The summed E-state index contributed by atoms with van der Waals surface area (Å²) >= 11 is 10.8. The van der Waals surface area contributed by atoms with Crippen LogP contribution in [0.3, 0.4) is 0 Å². The molecule has 0 aliphatic heterocycles. The monoisotopic (exact) mass is 329 g/mol. The highest BCUT2D eigenvalue weighted by Crippen LogP contribution is 2.29. The Morgan fingerprint density at radius 1 is 1.35 bits per heavy atom. The molecule has 0 radical (unpaired) electrons. The van der Waals surface area contributed by atoms with Crippen LogP contribution >= 0.6 is 38.9 Å². The van der Waals surface area contributed by atoms with Crippen LogP contribution in [0.2, 0.25) is 5.02 Å². The summed E-state index contributed by atoms with van der Waals surface area (Å²) in [6.07, 6.45) is 0. The summed E-state index contributed by atoms with van der Waals surface area (Å²) in [5, 5.41) is 0.472. The van der Waals surface area contributed by atoms with Gasteiger partial charge in [0.15, 0.2) is 5.78 Å². The first-order valence-corrected chi connectivity index (χ1v) is 6.83. The number of halogens is 2. The number of rotatable bonds is 2. The standard InChI is InChI=1S/C12H9BrClNOS/c1-6-10(5-11(13)17-6)12(16)7-2-8(14)4-9(15)3-7/h2-5H,15H2,1H3. The first kappa shape index (κ1) is 12.6. The Bertz CT molecular complexity index is 574. The maximum Gasteiger partial charge on any atom is 0.194 e. The molecule has 0 saturated carbocycles. The molecule has 1 aromatic heterocycles. The Hall–Kier alpha value is -0.840. The molecule has 88 valence electrons. The van der Waals surface area contributed by atoms with Crippen molar-refractivity contribution < 1.29 is 4.79 Å². The molecule has 0 unspecified atom stereocenters. The van der Waals surface area contributed by atoms with Crippen LogP contribution < -0.4 is 5.73 Å². The van der Waals surface area contributed by atoms with Gasteiger partial charge in [-0.3, -0.25) is 4.79 Å². The van der Waals surface area contributed by atoms with Crippen molar-refractivity contribution in [2.45, 2.75) is 6.92 Å². The van der Waals surface area contributed by atoms with Gasteiger partial charge in [0.1, 0.15) is 0 Å². The molecule has 2 rings (SSSR count). The van der Waals surface area contributed by atoms with Gasteiger partial charge in [-0.25, -0.2) is 0 Å². The molecular weight excluding hydrogens is 322 g/mol. The van der Waals surface area contributed by atoms with E-state index in [1.54, 1.807) is 18.2 Å². The van der Waals surface area contributed by atoms with Crippen molar-refractivity contribution in [2.24, 2.45) is 0 Å². The fourth-order valence-corrected chi connectivity index (χ4v) is 3.50. The molecule has 0 spiro atoms. The predicted molar refractivity (Wildman–Crippen MR) is 76.1 cm³/mol. The van der Waals surface area contributed by atoms with E-state index >= 15 is 0 Å². The first-order chi connectivity index (χ1) is 7.97. The largest absolute Gasteiger partial charge is 0.399 e. The lowest BCUT2D eigenvalue weighted by Crippen LogP contribution is -2.02. The SMILES string of the molecule is Cc1sc(Br)cc1C(=O)c1cc(N)cc(Cl)c1. The van der Waals surface area contributed by atoms with Gasteiger partial charge in [-0.1, -0.05) is 11.6 Å². The van der Waals surface area contributed by atoms with Crippen LogP contribution in [0.15, 0.2) is 28.1 Å². The molecule has 0 aliphatic rings. The van der Waals surface area contributed by atoms with Crippen molar-refractivity contribution in [2.75, 3.05) is 5.73 Å². The molecule has 0 bridgehead atoms. The van der Waals surface area contributed by atoms with Crippen molar-refractivity contribution in [1.82, 2.24) is 0 Å². The number of nitrogens with two attached hydrogens (primary N) is 1. The number of hydrogen-bond acceptors (Lipinski definition) is 3. The van der Waals surface area contributed by atoms with Crippen LogP contribution in [0, 0.1) is 6.92 Å². The molecule has 0 atom stereocenters. The zero-order valence-electron chi connectivity index (χ0n) is 8.96. The minimum absolute atomic E-state index is 0.0568. The molecule has 17 heavy (non-hydrogen) atoms. The topological polar surface area (TPSA) is 43.1 Å². The van der Waals surface area contributed by atoms with Crippen molar-refractivity contribution >= 4 is 50.3 Å².